The van der Waals surface area contributed by atoms with E-state index in [4.69, 9.17) is 20.8 Å². The van der Waals surface area contributed by atoms with Gasteiger partial charge < -0.3 is 14.1 Å². The molecule has 1 aromatic heterocycles. The highest BCUT2D eigenvalue weighted by molar-refractivity contribution is 7.17. The molecule has 0 saturated carbocycles. The maximum absolute atomic E-state index is 13.5. The van der Waals surface area contributed by atoms with E-state index in [0.717, 1.165) is 38.7 Å². The second-order valence-electron chi connectivity index (χ2n) is 10.4. The molecule has 3 aromatic rings. The van der Waals surface area contributed by atoms with Crippen LogP contribution in [-0.2, 0) is 6.42 Å². The van der Waals surface area contributed by atoms with E-state index in [2.05, 4.69) is 47.6 Å². The van der Waals surface area contributed by atoms with Crippen LogP contribution in [0.1, 0.15) is 56.8 Å². The van der Waals surface area contributed by atoms with E-state index < -0.39 is 8.32 Å². The molecule has 2 heterocycles. The summed E-state index contributed by atoms with van der Waals surface area (Å²) in [6, 6.07) is 15.8. The molecule has 0 radical (unpaired) electrons. The maximum Gasteiger partial charge on any atom is 0.268 e. The van der Waals surface area contributed by atoms with Gasteiger partial charge in [-0.25, -0.2) is 0 Å². The first-order valence-corrected chi connectivity index (χ1v) is 16.0. The Bertz CT molecular complexity index is 1210. The van der Waals surface area contributed by atoms with E-state index in [-0.39, 0.29) is 5.91 Å². The number of carbonyl (C=O) groups is 1. The van der Waals surface area contributed by atoms with Crippen molar-refractivity contribution in [2.75, 3.05) is 18.6 Å². The number of hydrogen-bond donors (Lipinski definition) is 0. The minimum absolute atomic E-state index is 0.0347. The summed E-state index contributed by atoms with van der Waals surface area (Å²) < 4.78 is 12.7. The summed E-state index contributed by atoms with van der Waals surface area (Å²) in [6.07, 6.45) is 0.815. The summed E-state index contributed by atoms with van der Waals surface area (Å²) >= 11 is 7.60. The van der Waals surface area contributed by atoms with Gasteiger partial charge in [0.05, 0.1) is 12.0 Å². The van der Waals surface area contributed by atoms with Crippen LogP contribution in [-0.4, -0.2) is 27.9 Å². The van der Waals surface area contributed by atoms with E-state index >= 15 is 0 Å². The monoisotopic (exact) mass is 541 g/mol. The number of halogens is 1. The van der Waals surface area contributed by atoms with E-state index in [1.807, 2.05) is 47.4 Å². The topological polar surface area (TPSA) is 38.8 Å². The number of rotatable bonds is 8. The Morgan fingerprint density at radius 3 is 2.14 bits per heavy atom. The number of thiophene rings is 1. The van der Waals surface area contributed by atoms with Crippen LogP contribution >= 0.6 is 22.9 Å². The first kappa shape index (κ1) is 26.8. The molecule has 4 rings (SSSR count). The van der Waals surface area contributed by atoms with Crippen LogP contribution in [0.3, 0.4) is 0 Å². The van der Waals surface area contributed by atoms with Gasteiger partial charge >= 0.3 is 0 Å². The number of methoxy groups -OCH3 is 1. The third-order valence-electron chi connectivity index (χ3n) is 7.43. The number of ether oxygens (including phenoxy) is 1. The molecule has 36 heavy (non-hydrogen) atoms. The minimum Gasteiger partial charge on any atom is -0.540 e. The zero-order chi connectivity index (χ0) is 26.2. The van der Waals surface area contributed by atoms with Crippen LogP contribution in [0.5, 0.6) is 11.5 Å². The number of benzene rings is 2. The fraction of sp³-hybridized carbons (Fsp3) is 0.414. The summed E-state index contributed by atoms with van der Waals surface area (Å²) in [7, 11) is -0.464. The van der Waals surface area contributed by atoms with Crippen LogP contribution in [0.25, 0.3) is 10.4 Å². The van der Waals surface area contributed by atoms with Gasteiger partial charge in [0.15, 0.2) is 5.75 Å². The molecular formula is C29H36ClNO3SSi. The number of nitrogens with zero attached hydrogens (tertiary/aromatic N) is 1. The van der Waals surface area contributed by atoms with Gasteiger partial charge in [-0.05, 0) is 64.5 Å². The fourth-order valence-corrected chi connectivity index (χ4v) is 12.3. The zero-order valence-electron chi connectivity index (χ0n) is 22.2. The normalized spacial score (nSPS) is 14.1. The van der Waals surface area contributed by atoms with Gasteiger partial charge in [-0.1, -0.05) is 65.3 Å². The maximum atomic E-state index is 13.5. The van der Waals surface area contributed by atoms with Gasteiger partial charge in [0.2, 0.25) is 0 Å². The Balaban J connectivity index is 1.63. The molecule has 2 aromatic carbocycles. The van der Waals surface area contributed by atoms with Gasteiger partial charge in [0.1, 0.15) is 5.75 Å². The van der Waals surface area contributed by atoms with Crippen LogP contribution in [0.15, 0.2) is 48.5 Å². The molecule has 0 N–H and O–H groups in total. The minimum atomic E-state index is -2.13. The molecule has 0 aliphatic carbocycles. The Morgan fingerprint density at radius 2 is 1.56 bits per heavy atom. The molecule has 0 unspecified atom stereocenters. The van der Waals surface area contributed by atoms with E-state index in [0.29, 0.717) is 33.9 Å². The smallest absolute Gasteiger partial charge is 0.268 e. The largest absolute Gasteiger partial charge is 0.540 e. The lowest BCUT2D eigenvalue weighted by molar-refractivity contribution is 0.0985. The standard InChI is InChI=1S/C29H36ClNO3SSi/c1-18(2)36(19(3)4,20(5)6)34-25-13-12-24(17-26(25)33-7)31-15-14-22-16-27(35-28(22)29(31)32)21-8-10-23(30)11-9-21/h8-13,16-20H,14-15H2,1-7H3. The highest BCUT2D eigenvalue weighted by atomic mass is 35.5. The van der Waals surface area contributed by atoms with Crippen molar-refractivity contribution in [3.8, 4) is 21.9 Å². The molecule has 0 fully saturated rings. The predicted molar refractivity (Wildman–Crippen MR) is 155 cm³/mol. The molecule has 1 aliphatic rings. The Labute approximate surface area is 225 Å². The average molecular weight is 542 g/mol. The fourth-order valence-electron chi connectivity index (χ4n) is 5.71. The number of fused-ring (bicyclic) bond motifs is 1. The lowest BCUT2D eigenvalue weighted by atomic mass is 10.1. The quantitative estimate of drug-likeness (QED) is 0.267. The van der Waals surface area contributed by atoms with Crippen molar-refractivity contribution in [1.29, 1.82) is 0 Å². The first-order chi connectivity index (χ1) is 17.1. The highest BCUT2D eigenvalue weighted by Gasteiger charge is 2.47. The molecule has 192 valence electrons. The lowest BCUT2D eigenvalue weighted by Crippen LogP contribution is -2.50. The molecule has 0 saturated heterocycles. The van der Waals surface area contributed by atoms with Crippen LogP contribution in [0.4, 0.5) is 5.69 Å². The van der Waals surface area contributed by atoms with E-state index in [1.165, 1.54) is 0 Å². The van der Waals surface area contributed by atoms with Crippen LogP contribution < -0.4 is 14.1 Å². The first-order valence-electron chi connectivity index (χ1n) is 12.7. The Hall–Kier alpha value is -2.28. The average Bonchev–Trinajstić information content (AvgIpc) is 3.28. The number of amides is 1. The van der Waals surface area contributed by atoms with E-state index in [1.54, 1.807) is 18.4 Å². The van der Waals surface area contributed by atoms with Crippen molar-refractivity contribution in [1.82, 2.24) is 0 Å². The summed E-state index contributed by atoms with van der Waals surface area (Å²) in [4.78, 5) is 17.3. The van der Waals surface area contributed by atoms with E-state index in [9.17, 15) is 4.79 Å². The Kier molecular flexibility index (Phi) is 7.88. The second kappa shape index (κ2) is 10.6. The van der Waals surface area contributed by atoms with Crippen LogP contribution in [0.2, 0.25) is 21.6 Å². The summed E-state index contributed by atoms with van der Waals surface area (Å²) in [5.74, 6) is 1.49. The van der Waals surface area contributed by atoms with Crippen molar-refractivity contribution >= 4 is 42.8 Å². The summed E-state index contributed by atoms with van der Waals surface area (Å²) in [5, 5.41) is 0.707. The van der Waals surface area contributed by atoms with Gasteiger partial charge in [-0.15, -0.1) is 11.3 Å². The van der Waals surface area contributed by atoms with Gasteiger partial charge in [-0.2, -0.15) is 0 Å². The SMILES string of the molecule is COc1cc(N2CCc3cc(-c4ccc(Cl)cc4)sc3C2=O)ccc1O[Si](C(C)C)(C(C)C)C(C)C. The molecule has 4 nitrogen and oxygen atoms in total. The number of carbonyl (C=O) groups excluding carboxylic acids is 1. The van der Waals surface area contributed by atoms with Crippen molar-refractivity contribution in [2.45, 2.75) is 64.6 Å². The summed E-state index contributed by atoms with van der Waals surface area (Å²) in [5.41, 5.74) is 4.39. The second-order valence-corrected chi connectivity index (χ2v) is 17.3. The lowest BCUT2D eigenvalue weighted by Gasteiger charge is -2.42. The third-order valence-corrected chi connectivity index (χ3v) is 14.9. The number of hydrogen-bond acceptors (Lipinski definition) is 4. The molecule has 1 amide bonds. The molecule has 0 bridgehead atoms. The van der Waals surface area contributed by atoms with Crippen molar-refractivity contribution in [3.63, 3.8) is 0 Å². The predicted octanol–water partition coefficient (Wildman–Crippen LogP) is 8.83. The summed E-state index contributed by atoms with van der Waals surface area (Å²) in [6.45, 7) is 14.3. The van der Waals surface area contributed by atoms with Crippen molar-refractivity contribution < 1.29 is 14.0 Å². The van der Waals surface area contributed by atoms with Crippen LogP contribution in [0, 0.1) is 0 Å². The van der Waals surface area contributed by atoms with Gasteiger partial charge in [0, 0.05) is 28.2 Å². The molecule has 7 heteroatoms. The molecular weight excluding hydrogens is 506 g/mol. The van der Waals surface area contributed by atoms with Gasteiger partial charge in [-0.3, -0.25) is 4.79 Å². The molecule has 1 aliphatic heterocycles. The molecule has 0 spiro atoms. The van der Waals surface area contributed by atoms with Crippen molar-refractivity contribution in [3.05, 3.63) is 64.0 Å². The molecule has 0 atom stereocenters. The van der Waals surface area contributed by atoms with Crippen molar-refractivity contribution in [2.24, 2.45) is 0 Å². The highest BCUT2D eigenvalue weighted by Crippen LogP contribution is 2.46. The Morgan fingerprint density at radius 1 is 0.917 bits per heavy atom. The number of anilines is 1. The zero-order valence-corrected chi connectivity index (χ0v) is 24.8. The third kappa shape index (κ3) is 4.83. The van der Waals surface area contributed by atoms with Gasteiger partial charge in [0.25, 0.3) is 14.2 Å².